The molecule has 0 aliphatic heterocycles. The van der Waals surface area contributed by atoms with Crippen molar-refractivity contribution in [2.75, 3.05) is 11.9 Å². The number of benzene rings is 1. The highest BCUT2D eigenvalue weighted by molar-refractivity contribution is 6.33. The third-order valence-corrected chi connectivity index (χ3v) is 4.01. The summed E-state index contributed by atoms with van der Waals surface area (Å²) in [6, 6.07) is 4.32. The Kier molecular flexibility index (Phi) is 4.06. The van der Waals surface area contributed by atoms with Gasteiger partial charge in [0.2, 0.25) is 0 Å². The zero-order chi connectivity index (χ0) is 14.8. The number of rotatable bonds is 3. The molecule has 0 unspecified atom stereocenters. The summed E-state index contributed by atoms with van der Waals surface area (Å²) in [5.74, 6) is 1.10. The molecule has 0 saturated heterocycles. The van der Waals surface area contributed by atoms with Crippen LogP contribution >= 0.6 is 11.6 Å². The molecule has 0 spiro atoms. The van der Waals surface area contributed by atoms with Crippen LogP contribution < -0.4 is 5.32 Å². The van der Waals surface area contributed by atoms with Gasteiger partial charge in [0.25, 0.3) is 0 Å². The Morgan fingerprint density at radius 2 is 2.05 bits per heavy atom. The maximum atomic E-state index is 13.2. The molecular weight excluding hydrogens is 289 g/mol. The second-order valence-electron chi connectivity index (χ2n) is 5.18. The monoisotopic (exact) mass is 305 g/mol. The topological polar surface area (TPSA) is 37.8 Å². The van der Waals surface area contributed by atoms with Crippen LogP contribution in [0.25, 0.3) is 11.4 Å². The standard InChI is InChI=1S/C16H17ClFN3/c1-2-19-15-12-5-3-4-6-14(12)20-16(21-15)11-8-7-10(18)9-13(11)17/h7-9H,2-6H2,1H3,(H,19,20,21). The van der Waals surface area contributed by atoms with E-state index in [1.165, 1.54) is 24.1 Å². The van der Waals surface area contributed by atoms with Gasteiger partial charge in [0, 0.05) is 23.4 Å². The highest BCUT2D eigenvalue weighted by Crippen LogP contribution is 2.31. The first kappa shape index (κ1) is 14.3. The lowest BCUT2D eigenvalue weighted by Crippen LogP contribution is -2.13. The van der Waals surface area contributed by atoms with Crippen LogP contribution in [0.15, 0.2) is 18.2 Å². The van der Waals surface area contributed by atoms with Crippen LogP contribution in [-0.2, 0) is 12.8 Å². The van der Waals surface area contributed by atoms with Gasteiger partial charge in [-0.05, 0) is 50.8 Å². The molecule has 5 heteroatoms. The lowest BCUT2D eigenvalue weighted by molar-refractivity contribution is 0.628. The summed E-state index contributed by atoms with van der Waals surface area (Å²) in [5.41, 5.74) is 2.97. The molecule has 0 amide bonds. The Labute approximate surface area is 128 Å². The van der Waals surface area contributed by atoms with E-state index >= 15 is 0 Å². The van der Waals surface area contributed by atoms with Crippen molar-refractivity contribution in [2.45, 2.75) is 32.6 Å². The van der Waals surface area contributed by atoms with E-state index in [2.05, 4.69) is 15.3 Å². The maximum Gasteiger partial charge on any atom is 0.163 e. The van der Waals surface area contributed by atoms with E-state index in [0.29, 0.717) is 16.4 Å². The molecule has 110 valence electrons. The average Bonchev–Trinajstić information content (AvgIpc) is 2.47. The third-order valence-electron chi connectivity index (χ3n) is 3.70. The molecule has 1 aliphatic carbocycles. The summed E-state index contributed by atoms with van der Waals surface area (Å²) < 4.78 is 13.2. The zero-order valence-electron chi connectivity index (χ0n) is 11.9. The van der Waals surface area contributed by atoms with Gasteiger partial charge >= 0.3 is 0 Å². The first-order valence-electron chi connectivity index (χ1n) is 7.28. The molecule has 1 heterocycles. The highest BCUT2D eigenvalue weighted by Gasteiger charge is 2.19. The molecule has 1 aliphatic rings. The van der Waals surface area contributed by atoms with Crippen LogP contribution in [0.4, 0.5) is 10.2 Å². The fourth-order valence-electron chi connectivity index (χ4n) is 2.70. The summed E-state index contributed by atoms with van der Waals surface area (Å²) >= 11 is 6.14. The molecule has 21 heavy (non-hydrogen) atoms. The third kappa shape index (κ3) is 2.86. The van der Waals surface area contributed by atoms with Crippen LogP contribution in [0.2, 0.25) is 5.02 Å². The summed E-state index contributed by atoms with van der Waals surface area (Å²) in [6.07, 6.45) is 4.29. The quantitative estimate of drug-likeness (QED) is 0.921. The van der Waals surface area contributed by atoms with Gasteiger partial charge in [0.15, 0.2) is 5.82 Å². The highest BCUT2D eigenvalue weighted by atomic mass is 35.5. The maximum absolute atomic E-state index is 13.2. The number of nitrogens with one attached hydrogen (secondary N) is 1. The number of anilines is 1. The van der Waals surface area contributed by atoms with Crippen molar-refractivity contribution >= 4 is 17.4 Å². The van der Waals surface area contributed by atoms with Crippen LogP contribution in [0.3, 0.4) is 0 Å². The molecule has 0 saturated carbocycles. The molecule has 2 aromatic rings. The number of nitrogens with zero attached hydrogens (tertiary/aromatic N) is 2. The second-order valence-corrected chi connectivity index (χ2v) is 5.59. The SMILES string of the molecule is CCNc1nc(-c2ccc(F)cc2Cl)nc2c1CCCC2. The normalized spacial score (nSPS) is 13.9. The van der Waals surface area contributed by atoms with E-state index in [4.69, 9.17) is 11.6 Å². The number of aromatic nitrogens is 2. The van der Waals surface area contributed by atoms with Crippen LogP contribution in [0, 0.1) is 5.82 Å². The largest absolute Gasteiger partial charge is 0.370 e. The molecular formula is C16H17ClFN3. The summed E-state index contributed by atoms with van der Waals surface area (Å²) in [7, 11) is 0. The Balaban J connectivity index is 2.12. The van der Waals surface area contributed by atoms with Crippen molar-refractivity contribution in [1.82, 2.24) is 9.97 Å². The Hall–Kier alpha value is -1.68. The fraction of sp³-hybridized carbons (Fsp3) is 0.375. The van der Waals surface area contributed by atoms with Crippen molar-refractivity contribution in [3.05, 3.63) is 40.3 Å². The number of hydrogen-bond acceptors (Lipinski definition) is 3. The van der Waals surface area contributed by atoms with Gasteiger partial charge in [-0.25, -0.2) is 14.4 Å². The Bertz CT molecular complexity index is 673. The van der Waals surface area contributed by atoms with Gasteiger partial charge in [-0.3, -0.25) is 0 Å². The molecule has 1 N–H and O–H groups in total. The van der Waals surface area contributed by atoms with Crippen molar-refractivity contribution < 1.29 is 4.39 Å². The minimum atomic E-state index is -0.353. The molecule has 0 bridgehead atoms. The lowest BCUT2D eigenvalue weighted by Gasteiger charge is -2.19. The van der Waals surface area contributed by atoms with Crippen LogP contribution in [-0.4, -0.2) is 16.5 Å². The fourth-order valence-corrected chi connectivity index (χ4v) is 2.95. The van der Waals surface area contributed by atoms with E-state index in [9.17, 15) is 4.39 Å². The second kappa shape index (κ2) is 5.98. The molecule has 3 rings (SSSR count). The van der Waals surface area contributed by atoms with Crippen LogP contribution in [0.1, 0.15) is 31.0 Å². The smallest absolute Gasteiger partial charge is 0.163 e. The lowest BCUT2D eigenvalue weighted by atomic mass is 9.96. The predicted molar refractivity (Wildman–Crippen MR) is 83.2 cm³/mol. The van der Waals surface area contributed by atoms with E-state index in [0.717, 1.165) is 37.3 Å². The van der Waals surface area contributed by atoms with Crippen molar-refractivity contribution in [3.63, 3.8) is 0 Å². The Morgan fingerprint density at radius 3 is 2.81 bits per heavy atom. The molecule has 0 fully saturated rings. The van der Waals surface area contributed by atoms with Crippen LogP contribution in [0.5, 0.6) is 0 Å². The van der Waals surface area contributed by atoms with Gasteiger partial charge in [-0.15, -0.1) is 0 Å². The molecule has 0 radical (unpaired) electrons. The first-order chi connectivity index (χ1) is 10.2. The van der Waals surface area contributed by atoms with E-state index in [1.807, 2.05) is 6.92 Å². The summed E-state index contributed by atoms with van der Waals surface area (Å²) in [5, 5.41) is 3.65. The van der Waals surface area contributed by atoms with Gasteiger partial charge in [0.05, 0.1) is 5.02 Å². The number of halogens is 2. The van der Waals surface area contributed by atoms with Crippen molar-refractivity contribution in [3.8, 4) is 11.4 Å². The predicted octanol–water partition coefficient (Wildman–Crippen LogP) is 4.25. The van der Waals surface area contributed by atoms with Gasteiger partial charge < -0.3 is 5.32 Å². The molecule has 1 aromatic heterocycles. The zero-order valence-corrected chi connectivity index (χ0v) is 12.7. The van der Waals surface area contributed by atoms with Crippen molar-refractivity contribution in [2.24, 2.45) is 0 Å². The minimum absolute atomic E-state index is 0.341. The summed E-state index contributed by atoms with van der Waals surface area (Å²) in [4.78, 5) is 9.27. The van der Waals surface area contributed by atoms with E-state index in [-0.39, 0.29) is 5.82 Å². The van der Waals surface area contributed by atoms with Gasteiger partial charge in [0.1, 0.15) is 11.6 Å². The average molecular weight is 306 g/mol. The van der Waals surface area contributed by atoms with Gasteiger partial charge in [-0.2, -0.15) is 0 Å². The molecule has 0 atom stereocenters. The van der Waals surface area contributed by atoms with Gasteiger partial charge in [-0.1, -0.05) is 11.6 Å². The van der Waals surface area contributed by atoms with E-state index < -0.39 is 0 Å². The molecule has 1 aromatic carbocycles. The number of fused-ring (bicyclic) bond motifs is 1. The number of aryl methyl sites for hydroxylation is 1. The minimum Gasteiger partial charge on any atom is -0.370 e. The van der Waals surface area contributed by atoms with E-state index in [1.54, 1.807) is 6.07 Å². The summed E-state index contributed by atoms with van der Waals surface area (Å²) in [6.45, 7) is 2.85. The van der Waals surface area contributed by atoms with Crippen molar-refractivity contribution in [1.29, 1.82) is 0 Å². The first-order valence-corrected chi connectivity index (χ1v) is 7.66. The Morgan fingerprint density at radius 1 is 1.24 bits per heavy atom. The number of hydrogen-bond donors (Lipinski definition) is 1. The molecule has 3 nitrogen and oxygen atoms in total.